The Bertz CT molecular complexity index is 274. The highest BCUT2D eigenvalue weighted by atomic mass is 32.1. The summed E-state index contributed by atoms with van der Waals surface area (Å²) in [4.78, 5) is 0. The van der Waals surface area contributed by atoms with Gasteiger partial charge < -0.3 is 10.5 Å². The molecule has 0 fully saturated rings. The molecule has 1 rings (SSSR count). The van der Waals surface area contributed by atoms with E-state index in [0.29, 0.717) is 0 Å². The molecule has 0 aromatic carbocycles. The molecule has 1 aromatic rings. The molecule has 0 aliphatic rings. The second-order valence-corrected chi connectivity index (χ2v) is 5.26. The lowest BCUT2D eigenvalue weighted by atomic mass is 10.0. The Kier molecular flexibility index (Phi) is 7.49. The smallest absolute Gasteiger partial charge is 0.0983 e. The number of ether oxygens (including phenoxy) is 1. The first kappa shape index (κ1) is 14.7. The van der Waals surface area contributed by atoms with Gasteiger partial charge in [0.25, 0.3) is 0 Å². The Hall–Kier alpha value is -0.380. The summed E-state index contributed by atoms with van der Waals surface area (Å²) in [5, 5.41) is 4.23. The van der Waals surface area contributed by atoms with E-state index in [1.807, 2.05) is 0 Å². The van der Waals surface area contributed by atoms with Crippen molar-refractivity contribution in [3.63, 3.8) is 0 Å². The maximum absolute atomic E-state index is 6.13. The fourth-order valence-electron chi connectivity index (χ4n) is 1.86. The Morgan fingerprint density at radius 1 is 1.29 bits per heavy atom. The van der Waals surface area contributed by atoms with Gasteiger partial charge in [0.15, 0.2) is 0 Å². The molecule has 0 saturated carbocycles. The van der Waals surface area contributed by atoms with Crippen LogP contribution in [0.2, 0.25) is 0 Å². The van der Waals surface area contributed by atoms with Crippen molar-refractivity contribution in [2.45, 2.75) is 58.1 Å². The third-order valence-corrected chi connectivity index (χ3v) is 3.73. The lowest BCUT2D eigenvalue weighted by Crippen LogP contribution is -2.29. The number of unbranched alkanes of at least 4 members (excludes halogenated alkanes) is 3. The molecule has 2 unspecified atom stereocenters. The lowest BCUT2D eigenvalue weighted by molar-refractivity contribution is 0.0314. The Labute approximate surface area is 109 Å². The second kappa shape index (κ2) is 8.67. The standard InChI is InChI=1S/C14H25NOS/c1-3-5-6-7-9-16-14(13(15)4-2)12-8-10-17-11-12/h8,10-11,13-14H,3-7,9,15H2,1-2H3. The number of hydrogen-bond acceptors (Lipinski definition) is 3. The SMILES string of the molecule is CCCCCCOC(c1ccsc1)C(N)CC. The minimum Gasteiger partial charge on any atom is -0.372 e. The summed E-state index contributed by atoms with van der Waals surface area (Å²) in [6.45, 7) is 5.17. The molecule has 0 saturated heterocycles. The quantitative estimate of drug-likeness (QED) is 0.674. The average molecular weight is 255 g/mol. The summed E-state index contributed by atoms with van der Waals surface area (Å²) in [7, 11) is 0. The number of thiophene rings is 1. The van der Waals surface area contributed by atoms with E-state index < -0.39 is 0 Å². The molecule has 2 atom stereocenters. The van der Waals surface area contributed by atoms with Gasteiger partial charge in [-0.05, 0) is 35.2 Å². The topological polar surface area (TPSA) is 35.2 Å². The van der Waals surface area contributed by atoms with Crippen molar-refractivity contribution in [2.75, 3.05) is 6.61 Å². The van der Waals surface area contributed by atoms with Crippen LogP contribution < -0.4 is 5.73 Å². The van der Waals surface area contributed by atoms with Crippen LogP contribution in [-0.2, 0) is 4.74 Å². The van der Waals surface area contributed by atoms with E-state index in [-0.39, 0.29) is 12.1 Å². The molecule has 0 aliphatic heterocycles. The van der Waals surface area contributed by atoms with Gasteiger partial charge in [0.2, 0.25) is 0 Å². The van der Waals surface area contributed by atoms with E-state index in [9.17, 15) is 0 Å². The summed E-state index contributed by atoms with van der Waals surface area (Å²) < 4.78 is 5.97. The fraction of sp³-hybridized carbons (Fsp3) is 0.714. The number of hydrogen-bond donors (Lipinski definition) is 1. The highest BCUT2D eigenvalue weighted by Crippen LogP contribution is 2.24. The number of rotatable bonds is 9. The molecule has 2 nitrogen and oxygen atoms in total. The molecule has 0 bridgehead atoms. The van der Waals surface area contributed by atoms with Crippen LogP contribution in [0, 0.1) is 0 Å². The number of nitrogens with two attached hydrogens (primary N) is 1. The summed E-state index contributed by atoms with van der Waals surface area (Å²) in [6.07, 6.45) is 6.00. The molecule has 3 heteroatoms. The van der Waals surface area contributed by atoms with Crippen LogP contribution in [-0.4, -0.2) is 12.6 Å². The zero-order valence-corrected chi connectivity index (χ0v) is 11.8. The average Bonchev–Trinajstić information content (AvgIpc) is 2.86. The van der Waals surface area contributed by atoms with Crippen molar-refractivity contribution in [1.82, 2.24) is 0 Å². The van der Waals surface area contributed by atoms with Crippen LogP contribution >= 0.6 is 11.3 Å². The van der Waals surface area contributed by atoms with Crippen LogP contribution in [0.4, 0.5) is 0 Å². The highest BCUT2D eigenvalue weighted by molar-refractivity contribution is 7.07. The zero-order valence-electron chi connectivity index (χ0n) is 11.0. The summed E-state index contributed by atoms with van der Waals surface area (Å²) in [6, 6.07) is 2.23. The normalized spacial score (nSPS) is 14.8. The van der Waals surface area contributed by atoms with E-state index in [4.69, 9.17) is 10.5 Å². The van der Waals surface area contributed by atoms with E-state index in [0.717, 1.165) is 19.4 Å². The predicted octanol–water partition coefficient (Wildman–Crippen LogP) is 4.12. The van der Waals surface area contributed by atoms with Crippen LogP contribution in [0.15, 0.2) is 16.8 Å². The van der Waals surface area contributed by atoms with Gasteiger partial charge in [0, 0.05) is 12.6 Å². The Morgan fingerprint density at radius 2 is 2.12 bits per heavy atom. The molecule has 0 spiro atoms. The van der Waals surface area contributed by atoms with Gasteiger partial charge >= 0.3 is 0 Å². The van der Waals surface area contributed by atoms with Gasteiger partial charge in [0.05, 0.1) is 6.10 Å². The predicted molar refractivity (Wildman–Crippen MR) is 75.4 cm³/mol. The van der Waals surface area contributed by atoms with Gasteiger partial charge in [-0.3, -0.25) is 0 Å². The van der Waals surface area contributed by atoms with Crippen molar-refractivity contribution < 1.29 is 4.74 Å². The van der Waals surface area contributed by atoms with Crippen LogP contribution in [0.3, 0.4) is 0 Å². The molecular formula is C14H25NOS. The molecule has 0 aliphatic carbocycles. The van der Waals surface area contributed by atoms with Gasteiger partial charge in [-0.25, -0.2) is 0 Å². The van der Waals surface area contributed by atoms with Crippen molar-refractivity contribution in [3.8, 4) is 0 Å². The molecular weight excluding hydrogens is 230 g/mol. The zero-order chi connectivity index (χ0) is 12.5. The van der Waals surface area contributed by atoms with E-state index in [1.54, 1.807) is 11.3 Å². The van der Waals surface area contributed by atoms with E-state index in [2.05, 4.69) is 30.7 Å². The van der Waals surface area contributed by atoms with Gasteiger partial charge in [-0.1, -0.05) is 33.1 Å². The third kappa shape index (κ3) is 5.19. The van der Waals surface area contributed by atoms with Gasteiger partial charge in [0.1, 0.15) is 0 Å². The second-order valence-electron chi connectivity index (χ2n) is 4.48. The summed E-state index contributed by atoms with van der Waals surface area (Å²) in [5.41, 5.74) is 7.36. The minimum atomic E-state index is 0.0767. The largest absolute Gasteiger partial charge is 0.372 e. The van der Waals surface area contributed by atoms with Crippen molar-refractivity contribution in [1.29, 1.82) is 0 Å². The molecule has 1 aromatic heterocycles. The summed E-state index contributed by atoms with van der Waals surface area (Å²) >= 11 is 1.71. The minimum absolute atomic E-state index is 0.0767. The first-order valence-corrected chi connectivity index (χ1v) is 7.63. The molecule has 17 heavy (non-hydrogen) atoms. The van der Waals surface area contributed by atoms with Crippen LogP contribution in [0.1, 0.15) is 57.6 Å². The molecule has 2 N–H and O–H groups in total. The fourth-order valence-corrected chi connectivity index (χ4v) is 2.54. The third-order valence-electron chi connectivity index (χ3n) is 3.03. The van der Waals surface area contributed by atoms with Crippen LogP contribution in [0.25, 0.3) is 0 Å². The van der Waals surface area contributed by atoms with Gasteiger partial charge in [-0.15, -0.1) is 0 Å². The Morgan fingerprint density at radius 3 is 2.71 bits per heavy atom. The molecule has 0 amide bonds. The van der Waals surface area contributed by atoms with Crippen LogP contribution in [0.5, 0.6) is 0 Å². The molecule has 98 valence electrons. The first-order valence-electron chi connectivity index (χ1n) is 6.68. The maximum Gasteiger partial charge on any atom is 0.0983 e. The first-order chi connectivity index (χ1) is 8.29. The highest BCUT2D eigenvalue weighted by Gasteiger charge is 2.19. The monoisotopic (exact) mass is 255 g/mol. The van der Waals surface area contributed by atoms with Crippen molar-refractivity contribution >= 4 is 11.3 Å². The molecule has 0 radical (unpaired) electrons. The van der Waals surface area contributed by atoms with E-state index in [1.165, 1.54) is 24.8 Å². The van der Waals surface area contributed by atoms with Crippen molar-refractivity contribution in [3.05, 3.63) is 22.4 Å². The lowest BCUT2D eigenvalue weighted by Gasteiger charge is -2.22. The molecule has 1 heterocycles. The maximum atomic E-state index is 6.13. The summed E-state index contributed by atoms with van der Waals surface area (Å²) in [5.74, 6) is 0. The van der Waals surface area contributed by atoms with Crippen molar-refractivity contribution in [2.24, 2.45) is 5.73 Å². The van der Waals surface area contributed by atoms with Gasteiger partial charge in [-0.2, -0.15) is 11.3 Å². The Balaban J connectivity index is 2.37. The van der Waals surface area contributed by atoms with E-state index >= 15 is 0 Å².